The van der Waals surface area contributed by atoms with Gasteiger partial charge in [-0.1, -0.05) is 45.9 Å². The zero-order valence-corrected chi connectivity index (χ0v) is 18.9. The van der Waals surface area contributed by atoms with Crippen molar-refractivity contribution in [1.82, 2.24) is 15.1 Å². The molecular weight excluding hydrogens is 466 g/mol. The van der Waals surface area contributed by atoms with Gasteiger partial charge in [0.05, 0.1) is 17.1 Å². The van der Waals surface area contributed by atoms with Gasteiger partial charge in [-0.2, -0.15) is 0 Å². The second kappa shape index (κ2) is 9.63. The van der Waals surface area contributed by atoms with Gasteiger partial charge in [0.15, 0.2) is 0 Å². The number of carbonyl (C=O) groups is 1. The van der Waals surface area contributed by atoms with Gasteiger partial charge in [0.2, 0.25) is 11.8 Å². The third-order valence-electron chi connectivity index (χ3n) is 4.83. The molecular formula is C21H22BrN5O2S. The van der Waals surface area contributed by atoms with Crippen molar-refractivity contribution in [1.29, 1.82) is 0 Å². The van der Waals surface area contributed by atoms with Crippen LogP contribution in [0.2, 0.25) is 0 Å². The highest BCUT2D eigenvalue weighted by Crippen LogP contribution is 2.28. The first-order chi connectivity index (χ1) is 14.6. The monoisotopic (exact) mass is 487 g/mol. The molecule has 2 heterocycles. The highest BCUT2D eigenvalue weighted by atomic mass is 79.9. The minimum Gasteiger partial charge on any atom is -0.411 e. The number of likely N-dealkylation sites (N-methyl/N-ethyl adjacent to an activating group) is 1. The Labute approximate surface area is 188 Å². The van der Waals surface area contributed by atoms with Crippen LogP contribution in [0.3, 0.4) is 0 Å². The van der Waals surface area contributed by atoms with Crippen LogP contribution in [0.1, 0.15) is 0 Å². The normalized spacial score (nSPS) is 14.7. The average Bonchev–Trinajstić information content (AvgIpc) is 3.23. The number of nitrogens with one attached hydrogen (secondary N) is 1. The first-order valence-electron chi connectivity index (χ1n) is 9.63. The molecule has 0 aliphatic carbocycles. The number of thioether (sulfide) groups is 1. The molecule has 0 unspecified atom stereocenters. The number of benzene rings is 2. The Hall–Kier alpha value is -2.36. The number of halogens is 1. The fourth-order valence-corrected chi connectivity index (χ4v) is 4.18. The number of rotatable bonds is 6. The van der Waals surface area contributed by atoms with Gasteiger partial charge in [-0.05, 0) is 37.4 Å². The van der Waals surface area contributed by atoms with Crippen LogP contribution in [0, 0.1) is 0 Å². The molecule has 1 fully saturated rings. The number of anilines is 2. The van der Waals surface area contributed by atoms with E-state index in [9.17, 15) is 4.79 Å². The van der Waals surface area contributed by atoms with Crippen LogP contribution < -0.4 is 10.2 Å². The molecule has 7 nitrogen and oxygen atoms in total. The summed E-state index contributed by atoms with van der Waals surface area (Å²) in [5, 5.41) is 11.5. The van der Waals surface area contributed by atoms with Gasteiger partial charge in [0.25, 0.3) is 5.22 Å². The second-order valence-corrected chi connectivity index (χ2v) is 8.87. The van der Waals surface area contributed by atoms with E-state index in [1.807, 2.05) is 42.5 Å². The van der Waals surface area contributed by atoms with Crippen molar-refractivity contribution in [2.75, 3.05) is 49.2 Å². The van der Waals surface area contributed by atoms with Crippen LogP contribution in [0.25, 0.3) is 11.5 Å². The van der Waals surface area contributed by atoms with E-state index in [1.54, 1.807) is 0 Å². The Kier molecular flexibility index (Phi) is 6.71. The summed E-state index contributed by atoms with van der Waals surface area (Å²) >= 11 is 4.66. The van der Waals surface area contributed by atoms with Gasteiger partial charge in [0, 0.05) is 36.2 Å². The molecule has 3 aromatic rings. The lowest BCUT2D eigenvalue weighted by Gasteiger charge is -2.35. The van der Waals surface area contributed by atoms with Gasteiger partial charge >= 0.3 is 0 Å². The lowest BCUT2D eigenvalue weighted by atomic mass is 10.2. The summed E-state index contributed by atoms with van der Waals surface area (Å²) in [6.07, 6.45) is 0. The van der Waals surface area contributed by atoms with E-state index in [0.717, 1.165) is 47.6 Å². The van der Waals surface area contributed by atoms with Crippen molar-refractivity contribution in [3.05, 3.63) is 53.0 Å². The molecule has 0 radical (unpaired) electrons. The third kappa shape index (κ3) is 5.21. The molecule has 0 spiro atoms. The van der Waals surface area contributed by atoms with Crippen molar-refractivity contribution in [3.63, 3.8) is 0 Å². The number of carbonyl (C=O) groups excluding carboxylic acids is 1. The summed E-state index contributed by atoms with van der Waals surface area (Å²) in [5.74, 6) is 0.514. The molecule has 0 atom stereocenters. The van der Waals surface area contributed by atoms with E-state index in [1.165, 1.54) is 11.8 Å². The second-order valence-electron chi connectivity index (χ2n) is 7.03. The number of amides is 1. The van der Waals surface area contributed by atoms with Gasteiger partial charge in [-0.15, -0.1) is 10.2 Å². The summed E-state index contributed by atoms with van der Waals surface area (Å²) in [5.41, 5.74) is 2.71. The topological polar surface area (TPSA) is 74.5 Å². The van der Waals surface area contributed by atoms with Crippen LogP contribution in [0.5, 0.6) is 0 Å². The SMILES string of the molecule is CN1CCN(c2ccccc2NC(=O)CSc2nnc(-c3cccc(Br)c3)o2)CC1. The number of piperazine rings is 1. The number of aromatic nitrogens is 2. The van der Waals surface area contributed by atoms with Crippen LogP contribution in [0.15, 0.2) is 62.6 Å². The van der Waals surface area contributed by atoms with E-state index >= 15 is 0 Å². The molecule has 0 saturated carbocycles. The molecule has 156 valence electrons. The van der Waals surface area contributed by atoms with Gasteiger partial charge in [0.1, 0.15) is 0 Å². The van der Waals surface area contributed by atoms with Crippen molar-refractivity contribution in [2.45, 2.75) is 5.22 Å². The molecule has 9 heteroatoms. The molecule has 30 heavy (non-hydrogen) atoms. The Morgan fingerprint density at radius 1 is 1.13 bits per heavy atom. The fourth-order valence-electron chi connectivity index (χ4n) is 3.22. The highest BCUT2D eigenvalue weighted by molar-refractivity contribution is 9.10. The number of hydrogen-bond acceptors (Lipinski definition) is 7. The number of nitrogens with zero attached hydrogens (tertiary/aromatic N) is 4. The van der Waals surface area contributed by atoms with Gasteiger partial charge in [-0.25, -0.2) is 0 Å². The largest absolute Gasteiger partial charge is 0.411 e. The lowest BCUT2D eigenvalue weighted by Crippen LogP contribution is -2.44. The van der Waals surface area contributed by atoms with Crippen LogP contribution in [-0.4, -0.2) is 60.0 Å². The van der Waals surface area contributed by atoms with Crippen molar-refractivity contribution < 1.29 is 9.21 Å². The minimum absolute atomic E-state index is 0.108. The summed E-state index contributed by atoms with van der Waals surface area (Å²) in [4.78, 5) is 17.2. The van der Waals surface area contributed by atoms with Gasteiger partial charge in [-0.3, -0.25) is 4.79 Å². The third-order valence-corrected chi connectivity index (χ3v) is 6.14. The molecule has 1 aliphatic heterocycles. The summed E-state index contributed by atoms with van der Waals surface area (Å²) in [6.45, 7) is 3.90. The maximum Gasteiger partial charge on any atom is 0.277 e. The average molecular weight is 488 g/mol. The van der Waals surface area contributed by atoms with E-state index in [0.29, 0.717) is 11.1 Å². The first kappa shape index (κ1) is 20.9. The first-order valence-corrected chi connectivity index (χ1v) is 11.4. The molecule has 1 amide bonds. The maximum absolute atomic E-state index is 12.5. The Bertz CT molecular complexity index is 1020. The summed E-state index contributed by atoms with van der Waals surface area (Å²) in [6, 6.07) is 15.6. The Morgan fingerprint density at radius 2 is 1.93 bits per heavy atom. The molecule has 1 aromatic heterocycles. The Morgan fingerprint density at radius 3 is 2.73 bits per heavy atom. The predicted molar refractivity (Wildman–Crippen MR) is 123 cm³/mol. The Balaban J connectivity index is 1.36. The summed E-state index contributed by atoms with van der Waals surface area (Å²) < 4.78 is 6.62. The maximum atomic E-state index is 12.5. The van der Waals surface area contributed by atoms with Crippen LogP contribution in [0.4, 0.5) is 11.4 Å². The molecule has 1 N–H and O–H groups in total. The van der Waals surface area contributed by atoms with E-state index < -0.39 is 0 Å². The van der Waals surface area contributed by atoms with E-state index in [4.69, 9.17) is 4.42 Å². The molecule has 4 rings (SSSR count). The van der Waals surface area contributed by atoms with Gasteiger partial charge < -0.3 is 19.5 Å². The fraction of sp³-hybridized carbons (Fsp3) is 0.286. The van der Waals surface area contributed by atoms with Crippen LogP contribution >= 0.6 is 27.7 Å². The smallest absolute Gasteiger partial charge is 0.277 e. The quantitative estimate of drug-likeness (QED) is 0.526. The van der Waals surface area contributed by atoms with E-state index in [-0.39, 0.29) is 11.7 Å². The number of para-hydroxylation sites is 2. The van der Waals surface area contributed by atoms with E-state index in [2.05, 4.69) is 54.4 Å². The zero-order valence-electron chi connectivity index (χ0n) is 16.5. The van der Waals surface area contributed by atoms with Crippen LogP contribution in [-0.2, 0) is 4.79 Å². The van der Waals surface area contributed by atoms with Crippen molar-refractivity contribution in [3.8, 4) is 11.5 Å². The molecule has 2 aromatic carbocycles. The molecule has 1 aliphatic rings. The number of hydrogen-bond donors (Lipinski definition) is 1. The van der Waals surface area contributed by atoms with Crippen molar-refractivity contribution >= 4 is 45.0 Å². The van der Waals surface area contributed by atoms with Crippen molar-refractivity contribution in [2.24, 2.45) is 0 Å². The zero-order chi connectivity index (χ0) is 20.9. The minimum atomic E-state index is -0.108. The molecule has 0 bridgehead atoms. The summed E-state index contributed by atoms with van der Waals surface area (Å²) in [7, 11) is 2.13. The lowest BCUT2D eigenvalue weighted by molar-refractivity contribution is -0.113. The standard InChI is InChI=1S/C21H22BrN5O2S/c1-26-9-11-27(12-10-26)18-8-3-2-7-17(18)23-19(28)14-30-21-25-24-20(29-21)15-5-4-6-16(22)13-15/h2-8,13H,9-12,14H2,1H3,(H,23,28). The predicted octanol–water partition coefficient (Wildman–Crippen LogP) is 3.98. The molecule has 1 saturated heterocycles. The highest BCUT2D eigenvalue weighted by Gasteiger charge is 2.18.